The maximum Gasteiger partial charge on any atom is 0.311 e. The summed E-state index contributed by atoms with van der Waals surface area (Å²) in [4.78, 5) is 22.6. The Kier molecular flexibility index (Phi) is 5.40. The Labute approximate surface area is 130 Å². The number of hydrogen-bond acceptors (Lipinski definition) is 2. The van der Waals surface area contributed by atoms with E-state index in [1.165, 1.54) is 26.2 Å². The van der Waals surface area contributed by atoms with E-state index >= 15 is 0 Å². The molecule has 1 unspecified atom stereocenters. The molecular formula is C17H21ClO3. The fourth-order valence-electron chi connectivity index (χ4n) is 3.14. The number of Topliss-reactive ketones (excluding diaryl/α,β-unsaturated/α-hetero) is 1. The summed E-state index contributed by atoms with van der Waals surface area (Å²) in [6, 6.07) is 5.49. The molecule has 114 valence electrons. The Bertz CT molecular complexity index is 533. The van der Waals surface area contributed by atoms with Gasteiger partial charge in [0.25, 0.3) is 0 Å². The van der Waals surface area contributed by atoms with Gasteiger partial charge in [0.2, 0.25) is 0 Å². The van der Waals surface area contributed by atoms with Crippen LogP contribution in [0.15, 0.2) is 18.2 Å². The fraction of sp³-hybridized carbons (Fsp3) is 0.529. The molecule has 0 aliphatic heterocycles. The van der Waals surface area contributed by atoms with Crippen LogP contribution >= 0.6 is 11.6 Å². The molecule has 1 aliphatic carbocycles. The van der Waals surface area contributed by atoms with E-state index in [4.69, 9.17) is 11.6 Å². The molecule has 1 fully saturated rings. The van der Waals surface area contributed by atoms with E-state index in [2.05, 4.69) is 0 Å². The lowest BCUT2D eigenvalue weighted by Crippen LogP contribution is -2.15. The number of carboxylic acids is 1. The van der Waals surface area contributed by atoms with Gasteiger partial charge in [-0.05, 0) is 42.9 Å². The fourth-order valence-corrected chi connectivity index (χ4v) is 3.48. The zero-order valence-corrected chi connectivity index (χ0v) is 13.0. The summed E-state index contributed by atoms with van der Waals surface area (Å²) < 4.78 is 0. The number of carbonyl (C=O) groups is 2. The van der Waals surface area contributed by atoms with Crippen molar-refractivity contribution in [3.63, 3.8) is 0 Å². The molecule has 1 atom stereocenters. The van der Waals surface area contributed by atoms with Gasteiger partial charge < -0.3 is 5.11 Å². The molecule has 0 amide bonds. The van der Waals surface area contributed by atoms with Gasteiger partial charge in [-0.25, -0.2) is 0 Å². The maximum atomic E-state index is 11.3. The van der Waals surface area contributed by atoms with Crippen molar-refractivity contribution in [2.45, 2.75) is 57.3 Å². The van der Waals surface area contributed by atoms with Gasteiger partial charge in [-0.1, -0.05) is 43.0 Å². The summed E-state index contributed by atoms with van der Waals surface area (Å²) in [5.41, 5.74) is 1.73. The molecule has 3 nitrogen and oxygen atoms in total. The van der Waals surface area contributed by atoms with Gasteiger partial charge in [0.05, 0.1) is 5.92 Å². The first-order valence-electron chi connectivity index (χ1n) is 7.50. The van der Waals surface area contributed by atoms with E-state index in [1.54, 1.807) is 6.07 Å². The first kappa shape index (κ1) is 16.0. The van der Waals surface area contributed by atoms with E-state index in [-0.39, 0.29) is 12.2 Å². The predicted molar refractivity (Wildman–Crippen MR) is 83.0 cm³/mol. The van der Waals surface area contributed by atoms with Crippen molar-refractivity contribution in [2.24, 2.45) is 0 Å². The summed E-state index contributed by atoms with van der Waals surface area (Å²) in [5.74, 6) is -1.43. The van der Waals surface area contributed by atoms with Crippen LogP contribution < -0.4 is 0 Å². The molecule has 1 aliphatic rings. The summed E-state index contributed by atoms with van der Waals surface area (Å²) in [5, 5.41) is 9.92. The van der Waals surface area contributed by atoms with Crippen molar-refractivity contribution in [3.8, 4) is 0 Å². The topological polar surface area (TPSA) is 54.4 Å². The van der Waals surface area contributed by atoms with E-state index in [9.17, 15) is 14.7 Å². The average molecular weight is 309 g/mol. The Morgan fingerprint density at radius 1 is 1.29 bits per heavy atom. The van der Waals surface area contributed by atoms with Gasteiger partial charge in [-0.15, -0.1) is 0 Å². The summed E-state index contributed by atoms with van der Waals surface area (Å²) >= 11 is 6.37. The van der Waals surface area contributed by atoms with Crippen LogP contribution in [0.3, 0.4) is 0 Å². The molecule has 4 heteroatoms. The molecule has 0 radical (unpaired) electrons. The molecule has 1 N–H and O–H groups in total. The third kappa shape index (κ3) is 4.07. The predicted octanol–water partition coefficient (Wildman–Crippen LogP) is 4.54. The minimum absolute atomic E-state index is 0.00837. The monoisotopic (exact) mass is 308 g/mol. The number of carbonyl (C=O) groups excluding carboxylic acids is 1. The van der Waals surface area contributed by atoms with Crippen molar-refractivity contribution < 1.29 is 14.7 Å². The van der Waals surface area contributed by atoms with Crippen molar-refractivity contribution in [2.75, 3.05) is 0 Å². The number of halogens is 1. The number of benzene rings is 1. The first-order valence-corrected chi connectivity index (χ1v) is 7.88. The lowest BCUT2D eigenvalue weighted by atomic mass is 9.83. The SMILES string of the molecule is CC(=O)CC(C(=O)O)c1ccc(C2CCCCC2)c(Cl)c1. The van der Waals surface area contributed by atoms with Crippen molar-refractivity contribution in [1.29, 1.82) is 0 Å². The van der Waals surface area contributed by atoms with Gasteiger partial charge in [0.1, 0.15) is 5.78 Å². The zero-order chi connectivity index (χ0) is 15.4. The summed E-state index contributed by atoms with van der Waals surface area (Å²) in [6.07, 6.45) is 6.04. The van der Waals surface area contributed by atoms with Crippen LogP contribution in [0.25, 0.3) is 0 Å². The van der Waals surface area contributed by atoms with Crippen LogP contribution in [-0.4, -0.2) is 16.9 Å². The van der Waals surface area contributed by atoms with Crippen molar-refractivity contribution >= 4 is 23.4 Å². The molecule has 1 aromatic carbocycles. The van der Waals surface area contributed by atoms with Crippen LogP contribution in [-0.2, 0) is 9.59 Å². The lowest BCUT2D eigenvalue weighted by Gasteiger charge is -2.23. The quantitative estimate of drug-likeness (QED) is 0.869. The minimum atomic E-state index is -0.980. The highest BCUT2D eigenvalue weighted by molar-refractivity contribution is 6.31. The second-order valence-electron chi connectivity index (χ2n) is 5.91. The highest BCUT2D eigenvalue weighted by Gasteiger charge is 2.24. The zero-order valence-electron chi connectivity index (χ0n) is 12.3. The largest absolute Gasteiger partial charge is 0.481 e. The molecule has 0 heterocycles. The van der Waals surface area contributed by atoms with E-state index in [0.717, 1.165) is 18.4 Å². The van der Waals surface area contributed by atoms with E-state index < -0.39 is 11.9 Å². The van der Waals surface area contributed by atoms with Gasteiger partial charge in [-0.3, -0.25) is 9.59 Å². The second kappa shape index (κ2) is 7.08. The third-order valence-corrected chi connectivity index (χ3v) is 4.59. The Morgan fingerprint density at radius 2 is 1.95 bits per heavy atom. The van der Waals surface area contributed by atoms with Crippen molar-refractivity contribution in [3.05, 3.63) is 34.3 Å². The number of rotatable bonds is 5. The third-order valence-electron chi connectivity index (χ3n) is 4.26. The summed E-state index contributed by atoms with van der Waals surface area (Å²) in [7, 11) is 0. The molecule has 0 bridgehead atoms. The molecule has 0 aromatic heterocycles. The highest BCUT2D eigenvalue weighted by atomic mass is 35.5. The minimum Gasteiger partial charge on any atom is -0.481 e. The lowest BCUT2D eigenvalue weighted by molar-refractivity contribution is -0.140. The second-order valence-corrected chi connectivity index (χ2v) is 6.32. The Balaban J connectivity index is 2.24. The van der Waals surface area contributed by atoms with Crippen LogP contribution in [0.4, 0.5) is 0 Å². The van der Waals surface area contributed by atoms with Crippen LogP contribution in [0.1, 0.15) is 68.4 Å². The number of hydrogen-bond donors (Lipinski definition) is 1. The number of carboxylic acid groups (broad SMARTS) is 1. The van der Waals surface area contributed by atoms with Crippen LogP contribution in [0.2, 0.25) is 5.02 Å². The molecule has 0 saturated heterocycles. The molecule has 2 rings (SSSR count). The van der Waals surface area contributed by atoms with Gasteiger partial charge >= 0.3 is 5.97 Å². The molecule has 1 aromatic rings. The molecule has 0 spiro atoms. The van der Waals surface area contributed by atoms with E-state index in [0.29, 0.717) is 16.5 Å². The Morgan fingerprint density at radius 3 is 2.48 bits per heavy atom. The Hall–Kier alpha value is -1.35. The van der Waals surface area contributed by atoms with Crippen LogP contribution in [0.5, 0.6) is 0 Å². The first-order chi connectivity index (χ1) is 9.99. The average Bonchev–Trinajstić information content (AvgIpc) is 2.45. The van der Waals surface area contributed by atoms with Gasteiger partial charge in [-0.2, -0.15) is 0 Å². The molecule has 21 heavy (non-hydrogen) atoms. The van der Waals surface area contributed by atoms with Crippen molar-refractivity contribution in [1.82, 2.24) is 0 Å². The standard InChI is InChI=1S/C17H21ClO3/c1-11(19)9-15(17(20)21)13-7-8-14(16(18)10-13)12-5-3-2-4-6-12/h7-8,10,12,15H,2-6,9H2,1H3,(H,20,21). The number of aliphatic carboxylic acids is 1. The smallest absolute Gasteiger partial charge is 0.311 e. The maximum absolute atomic E-state index is 11.3. The molecular weight excluding hydrogens is 288 g/mol. The number of ketones is 1. The summed E-state index contributed by atoms with van der Waals surface area (Å²) in [6.45, 7) is 1.41. The molecule has 1 saturated carbocycles. The van der Waals surface area contributed by atoms with Gasteiger partial charge in [0.15, 0.2) is 0 Å². The van der Waals surface area contributed by atoms with Gasteiger partial charge in [0, 0.05) is 11.4 Å². The normalized spacial score (nSPS) is 17.4. The highest BCUT2D eigenvalue weighted by Crippen LogP contribution is 2.37. The van der Waals surface area contributed by atoms with Crippen LogP contribution in [0, 0.1) is 0 Å². The van der Waals surface area contributed by atoms with E-state index in [1.807, 2.05) is 12.1 Å².